The fourth-order valence-corrected chi connectivity index (χ4v) is 1.45. The lowest BCUT2D eigenvalue weighted by molar-refractivity contribution is -0.123. The third-order valence-electron chi connectivity index (χ3n) is 2.42. The van der Waals surface area contributed by atoms with E-state index < -0.39 is 0 Å². The van der Waals surface area contributed by atoms with Crippen LogP contribution in [0.25, 0.3) is 0 Å². The minimum atomic E-state index is -0.368. The molecule has 0 saturated carbocycles. The van der Waals surface area contributed by atoms with Crippen LogP contribution in [0.3, 0.4) is 0 Å². The topological polar surface area (TPSA) is 46.2 Å². The van der Waals surface area contributed by atoms with Gasteiger partial charge in [-0.1, -0.05) is 37.3 Å². The molecule has 1 atom stereocenters. The molecule has 3 heteroatoms. The first-order valence-corrected chi connectivity index (χ1v) is 5.54. The Kier molecular flexibility index (Phi) is 5.26. The Balaban J connectivity index is 2.40. The van der Waals surface area contributed by atoms with E-state index in [1.165, 1.54) is 5.56 Å². The van der Waals surface area contributed by atoms with Crippen LogP contribution >= 0.6 is 0 Å². The molecule has 1 aromatic rings. The molecule has 1 unspecified atom stereocenters. The van der Waals surface area contributed by atoms with E-state index in [0.717, 1.165) is 12.7 Å². The second-order valence-electron chi connectivity index (χ2n) is 3.69. The third-order valence-corrected chi connectivity index (χ3v) is 2.42. The lowest BCUT2D eigenvalue weighted by Crippen LogP contribution is -2.35. The highest BCUT2D eigenvalue weighted by Crippen LogP contribution is 2.04. The van der Waals surface area contributed by atoms with E-state index in [4.69, 9.17) is 0 Å². The van der Waals surface area contributed by atoms with E-state index >= 15 is 0 Å². The van der Waals surface area contributed by atoms with Crippen LogP contribution in [0, 0.1) is 0 Å². The molecular weight excluding hydrogens is 202 g/mol. The number of carbonyl (C=O) groups is 2. The first-order valence-electron chi connectivity index (χ1n) is 5.54. The Labute approximate surface area is 95.9 Å². The fraction of sp³-hybridized carbons (Fsp3) is 0.385. The molecule has 0 bridgehead atoms. The van der Waals surface area contributed by atoms with Crippen LogP contribution in [0.4, 0.5) is 0 Å². The summed E-state index contributed by atoms with van der Waals surface area (Å²) in [4.78, 5) is 21.9. The molecule has 1 rings (SSSR count). The zero-order valence-corrected chi connectivity index (χ0v) is 9.48. The van der Waals surface area contributed by atoms with E-state index in [-0.39, 0.29) is 11.9 Å². The average Bonchev–Trinajstić information content (AvgIpc) is 2.35. The molecule has 0 spiro atoms. The number of aldehydes is 1. The van der Waals surface area contributed by atoms with E-state index in [0.29, 0.717) is 12.8 Å². The molecule has 3 nitrogen and oxygen atoms in total. The maximum absolute atomic E-state index is 11.1. The minimum absolute atomic E-state index is 0.0786. The van der Waals surface area contributed by atoms with E-state index in [2.05, 4.69) is 5.32 Å². The first kappa shape index (κ1) is 12.4. The molecule has 0 fully saturated rings. The number of amides is 1. The molecular formula is C13H17NO2. The molecule has 86 valence electrons. The predicted octanol–water partition coefficient (Wildman–Crippen LogP) is 1.71. The monoisotopic (exact) mass is 219 g/mol. The standard InChI is InChI=1S/C13H17NO2/c1-2-13(16)14-12(10-15)9-8-11-6-4-3-5-7-11/h3-7,10,12H,2,8-9H2,1H3,(H,14,16). The lowest BCUT2D eigenvalue weighted by Gasteiger charge is -2.11. The summed E-state index contributed by atoms with van der Waals surface area (Å²) in [5.41, 5.74) is 1.18. The van der Waals surface area contributed by atoms with Crippen molar-refractivity contribution in [2.24, 2.45) is 0 Å². The summed E-state index contributed by atoms with van der Waals surface area (Å²) in [6, 6.07) is 9.56. The zero-order chi connectivity index (χ0) is 11.8. The molecule has 16 heavy (non-hydrogen) atoms. The van der Waals surface area contributed by atoms with Crippen molar-refractivity contribution in [3.8, 4) is 0 Å². The maximum atomic E-state index is 11.1. The minimum Gasteiger partial charge on any atom is -0.347 e. The summed E-state index contributed by atoms with van der Waals surface area (Å²) >= 11 is 0. The molecule has 0 saturated heterocycles. The summed E-state index contributed by atoms with van der Waals surface area (Å²) in [7, 11) is 0. The van der Waals surface area contributed by atoms with Gasteiger partial charge in [-0.25, -0.2) is 0 Å². The van der Waals surface area contributed by atoms with Gasteiger partial charge in [0.25, 0.3) is 0 Å². The van der Waals surface area contributed by atoms with Crippen LogP contribution in [0.15, 0.2) is 30.3 Å². The normalized spacial score (nSPS) is 11.8. The van der Waals surface area contributed by atoms with Gasteiger partial charge in [-0.2, -0.15) is 0 Å². The highest BCUT2D eigenvalue weighted by molar-refractivity contribution is 5.79. The van der Waals surface area contributed by atoms with Crippen LogP contribution in [0.2, 0.25) is 0 Å². The summed E-state index contributed by atoms with van der Waals surface area (Å²) in [6.45, 7) is 1.77. The number of benzene rings is 1. The molecule has 0 aliphatic heterocycles. The molecule has 1 aromatic carbocycles. The van der Waals surface area contributed by atoms with Crippen LogP contribution in [-0.4, -0.2) is 18.2 Å². The Morgan fingerprint density at radius 1 is 1.38 bits per heavy atom. The Morgan fingerprint density at radius 3 is 2.62 bits per heavy atom. The van der Waals surface area contributed by atoms with Gasteiger partial charge >= 0.3 is 0 Å². The molecule has 0 aromatic heterocycles. The van der Waals surface area contributed by atoms with Gasteiger partial charge in [0.15, 0.2) is 0 Å². The highest BCUT2D eigenvalue weighted by atomic mass is 16.2. The SMILES string of the molecule is CCC(=O)NC(C=O)CCc1ccccc1. The number of nitrogens with one attached hydrogen (secondary N) is 1. The molecule has 0 radical (unpaired) electrons. The van der Waals surface area contributed by atoms with Gasteiger partial charge in [-0.3, -0.25) is 4.79 Å². The number of aryl methyl sites for hydroxylation is 1. The summed E-state index contributed by atoms with van der Waals surface area (Å²) in [5.74, 6) is -0.0786. The predicted molar refractivity (Wildman–Crippen MR) is 63.0 cm³/mol. The Morgan fingerprint density at radius 2 is 2.06 bits per heavy atom. The third kappa shape index (κ3) is 4.26. The van der Waals surface area contributed by atoms with Crippen LogP contribution in [0.5, 0.6) is 0 Å². The summed E-state index contributed by atoms with van der Waals surface area (Å²) in [6.07, 6.45) is 2.67. The Bertz CT molecular complexity index is 335. The maximum Gasteiger partial charge on any atom is 0.220 e. The summed E-state index contributed by atoms with van der Waals surface area (Å²) in [5, 5.41) is 2.68. The van der Waals surface area contributed by atoms with Crippen LogP contribution < -0.4 is 5.32 Å². The van der Waals surface area contributed by atoms with Gasteiger partial charge in [0.2, 0.25) is 5.91 Å². The smallest absolute Gasteiger partial charge is 0.220 e. The van der Waals surface area contributed by atoms with Crippen molar-refractivity contribution >= 4 is 12.2 Å². The van der Waals surface area contributed by atoms with E-state index in [1.807, 2.05) is 30.3 Å². The first-order chi connectivity index (χ1) is 7.76. The number of hydrogen-bond donors (Lipinski definition) is 1. The average molecular weight is 219 g/mol. The van der Waals surface area contributed by atoms with Crippen molar-refractivity contribution in [2.75, 3.05) is 0 Å². The van der Waals surface area contributed by atoms with Gasteiger partial charge in [0, 0.05) is 6.42 Å². The second-order valence-corrected chi connectivity index (χ2v) is 3.69. The molecule has 0 heterocycles. The fourth-order valence-electron chi connectivity index (χ4n) is 1.45. The van der Waals surface area contributed by atoms with Crippen LogP contribution in [-0.2, 0) is 16.0 Å². The number of carbonyl (C=O) groups excluding carboxylic acids is 2. The van der Waals surface area contributed by atoms with E-state index in [9.17, 15) is 9.59 Å². The molecule has 0 aliphatic rings. The van der Waals surface area contributed by atoms with Gasteiger partial charge in [-0.15, -0.1) is 0 Å². The van der Waals surface area contributed by atoms with Crippen molar-refractivity contribution in [1.29, 1.82) is 0 Å². The van der Waals surface area contributed by atoms with Crippen LogP contribution in [0.1, 0.15) is 25.3 Å². The summed E-state index contributed by atoms with van der Waals surface area (Å²) < 4.78 is 0. The zero-order valence-electron chi connectivity index (χ0n) is 9.48. The lowest BCUT2D eigenvalue weighted by atomic mass is 10.1. The van der Waals surface area contributed by atoms with Crippen molar-refractivity contribution in [1.82, 2.24) is 5.32 Å². The highest BCUT2D eigenvalue weighted by Gasteiger charge is 2.09. The van der Waals surface area contributed by atoms with Gasteiger partial charge in [0.05, 0.1) is 6.04 Å². The van der Waals surface area contributed by atoms with Gasteiger partial charge in [0.1, 0.15) is 6.29 Å². The van der Waals surface area contributed by atoms with Crippen molar-refractivity contribution in [3.05, 3.63) is 35.9 Å². The second kappa shape index (κ2) is 6.77. The quantitative estimate of drug-likeness (QED) is 0.740. The largest absolute Gasteiger partial charge is 0.347 e. The Hall–Kier alpha value is -1.64. The van der Waals surface area contributed by atoms with Crippen molar-refractivity contribution < 1.29 is 9.59 Å². The van der Waals surface area contributed by atoms with Crippen molar-refractivity contribution in [3.63, 3.8) is 0 Å². The molecule has 1 amide bonds. The van der Waals surface area contributed by atoms with Gasteiger partial charge in [-0.05, 0) is 18.4 Å². The number of hydrogen-bond acceptors (Lipinski definition) is 2. The number of rotatable bonds is 6. The van der Waals surface area contributed by atoms with Gasteiger partial charge < -0.3 is 10.1 Å². The van der Waals surface area contributed by atoms with E-state index in [1.54, 1.807) is 6.92 Å². The molecule has 1 N–H and O–H groups in total. The van der Waals surface area contributed by atoms with Crippen molar-refractivity contribution in [2.45, 2.75) is 32.2 Å². The molecule has 0 aliphatic carbocycles.